The number of hydrogen-bond acceptors (Lipinski definition) is 4. The summed E-state index contributed by atoms with van der Waals surface area (Å²) in [5.74, 6) is 0.0206. The number of aryl methyl sites for hydroxylation is 2. The topological polar surface area (TPSA) is 88.7 Å². The Morgan fingerprint density at radius 1 is 1.37 bits per heavy atom. The average Bonchev–Trinajstić information content (AvgIpc) is 3.38. The molecule has 1 aliphatic carbocycles. The summed E-state index contributed by atoms with van der Waals surface area (Å²) in [6, 6.07) is 7.66. The minimum atomic E-state index is -0.0323. The van der Waals surface area contributed by atoms with E-state index in [9.17, 15) is 4.79 Å². The van der Waals surface area contributed by atoms with Crippen molar-refractivity contribution in [2.24, 2.45) is 13.0 Å². The summed E-state index contributed by atoms with van der Waals surface area (Å²) in [6.07, 6.45) is 7.71. The minimum absolute atomic E-state index is 0.0323. The van der Waals surface area contributed by atoms with Gasteiger partial charge < -0.3 is 9.73 Å². The molecular weight excluding hydrogens is 342 g/mol. The molecule has 0 radical (unpaired) electrons. The highest BCUT2D eigenvalue weighted by molar-refractivity contribution is 5.99. The number of benzene rings is 1. The second-order valence-corrected chi connectivity index (χ2v) is 7.05. The third kappa shape index (κ3) is 2.81. The molecule has 7 heteroatoms. The number of nitrogens with one attached hydrogen (secondary N) is 2. The average molecular weight is 361 g/mol. The van der Waals surface area contributed by atoms with Crippen molar-refractivity contribution in [3.8, 4) is 11.3 Å². The van der Waals surface area contributed by atoms with Gasteiger partial charge in [-0.1, -0.05) is 0 Å². The second kappa shape index (κ2) is 6.12. The van der Waals surface area contributed by atoms with E-state index in [1.54, 1.807) is 12.5 Å². The Balaban J connectivity index is 1.38. The number of fused-ring (bicyclic) bond motifs is 2. The quantitative estimate of drug-likeness (QED) is 0.586. The zero-order valence-corrected chi connectivity index (χ0v) is 14.9. The molecule has 5 rings (SSSR count). The van der Waals surface area contributed by atoms with Gasteiger partial charge in [-0.05, 0) is 49.1 Å². The number of aromatic amines is 1. The van der Waals surface area contributed by atoms with Crippen molar-refractivity contribution >= 4 is 22.5 Å². The molecule has 2 N–H and O–H groups in total. The number of hydrogen-bond donors (Lipinski definition) is 2. The summed E-state index contributed by atoms with van der Waals surface area (Å²) in [7, 11) is 1.92. The van der Waals surface area contributed by atoms with E-state index >= 15 is 0 Å². The highest BCUT2D eigenvalue weighted by atomic mass is 16.3. The Morgan fingerprint density at radius 2 is 2.30 bits per heavy atom. The van der Waals surface area contributed by atoms with Crippen LogP contribution in [0.25, 0.3) is 22.2 Å². The minimum Gasteiger partial charge on any atom is -0.472 e. The zero-order chi connectivity index (χ0) is 18.4. The van der Waals surface area contributed by atoms with Crippen molar-refractivity contribution in [2.45, 2.75) is 19.3 Å². The van der Waals surface area contributed by atoms with Crippen molar-refractivity contribution in [3.05, 3.63) is 54.2 Å². The smallest absolute Gasteiger partial charge is 0.227 e. The number of furan rings is 1. The van der Waals surface area contributed by atoms with Crippen LogP contribution in [0.3, 0.4) is 0 Å². The molecule has 1 unspecified atom stereocenters. The molecule has 1 aromatic carbocycles. The summed E-state index contributed by atoms with van der Waals surface area (Å²) >= 11 is 0. The van der Waals surface area contributed by atoms with E-state index in [4.69, 9.17) is 4.42 Å². The predicted octanol–water partition coefficient (Wildman–Crippen LogP) is 3.30. The van der Waals surface area contributed by atoms with Crippen molar-refractivity contribution in [3.63, 3.8) is 0 Å². The first-order valence-corrected chi connectivity index (χ1v) is 9.00. The van der Waals surface area contributed by atoms with E-state index in [-0.39, 0.29) is 11.8 Å². The molecule has 3 heterocycles. The Hall–Kier alpha value is -3.35. The fourth-order valence-electron chi connectivity index (χ4n) is 3.82. The maximum atomic E-state index is 12.8. The molecule has 0 fully saturated rings. The SMILES string of the molecule is Cn1cc2c(n1)CCC(C(=O)Nc1ccc3[nH]nc(-c4ccoc4)c3c1)C2. The van der Waals surface area contributed by atoms with Crippen LogP contribution in [0.4, 0.5) is 5.69 Å². The molecule has 1 atom stereocenters. The van der Waals surface area contributed by atoms with E-state index in [1.165, 1.54) is 5.56 Å². The first kappa shape index (κ1) is 15.9. The van der Waals surface area contributed by atoms with Crippen LogP contribution in [0.2, 0.25) is 0 Å². The third-order valence-electron chi connectivity index (χ3n) is 5.18. The Bertz CT molecular complexity index is 1120. The van der Waals surface area contributed by atoms with Crippen LogP contribution in [0.5, 0.6) is 0 Å². The summed E-state index contributed by atoms with van der Waals surface area (Å²) in [5.41, 5.74) is 5.70. The molecule has 136 valence electrons. The van der Waals surface area contributed by atoms with Crippen molar-refractivity contribution < 1.29 is 9.21 Å². The number of amides is 1. The number of carbonyl (C=O) groups is 1. The molecule has 1 amide bonds. The fourth-order valence-corrected chi connectivity index (χ4v) is 3.82. The monoisotopic (exact) mass is 361 g/mol. The van der Waals surface area contributed by atoms with Gasteiger partial charge in [0.05, 0.1) is 23.7 Å². The molecule has 0 saturated heterocycles. The lowest BCUT2D eigenvalue weighted by Gasteiger charge is -2.20. The van der Waals surface area contributed by atoms with Crippen LogP contribution in [0, 0.1) is 5.92 Å². The van der Waals surface area contributed by atoms with Crippen LogP contribution in [-0.2, 0) is 24.7 Å². The molecule has 0 bridgehead atoms. The first-order chi connectivity index (χ1) is 13.2. The molecule has 7 nitrogen and oxygen atoms in total. The first-order valence-electron chi connectivity index (χ1n) is 9.00. The maximum absolute atomic E-state index is 12.8. The standard InChI is InChI=1S/C20H19N5O2/c1-25-10-14-8-12(2-4-17(14)24-25)20(26)21-15-3-5-18-16(9-15)19(23-22-18)13-6-7-27-11-13/h3,5-7,9-12H,2,4,8H2,1H3,(H,21,26)(H,22,23). The highest BCUT2D eigenvalue weighted by Gasteiger charge is 2.26. The van der Waals surface area contributed by atoms with Gasteiger partial charge in [0.25, 0.3) is 0 Å². The molecule has 27 heavy (non-hydrogen) atoms. The van der Waals surface area contributed by atoms with Crippen molar-refractivity contribution in [1.82, 2.24) is 20.0 Å². The normalized spacial score (nSPS) is 16.4. The number of anilines is 1. The van der Waals surface area contributed by atoms with Gasteiger partial charge in [0.2, 0.25) is 5.91 Å². The van der Waals surface area contributed by atoms with Gasteiger partial charge >= 0.3 is 0 Å². The van der Waals surface area contributed by atoms with E-state index in [2.05, 4.69) is 20.6 Å². The van der Waals surface area contributed by atoms with Crippen LogP contribution in [0.15, 0.2) is 47.4 Å². The van der Waals surface area contributed by atoms with Gasteiger partial charge in [-0.25, -0.2) is 0 Å². The predicted molar refractivity (Wildman–Crippen MR) is 101 cm³/mol. The number of carbonyl (C=O) groups excluding carboxylic acids is 1. The number of aromatic nitrogens is 4. The number of H-pyrrole nitrogens is 1. The zero-order valence-electron chi connectivity index (χ0n) is 14.9. The summed E-state index contributed by atoms with van der Waals surface area (Å²) in [4.78, 5) is 12.8. The van der Waals surface area contributed by atoms with Crippen molar-refractivity contribution in [2.75, 3.05) is 5.32 Å². The third-order valence-corrected chi connectivity index (χ3v) is 5.18. The van der Waals surface area contributed by atoms with Crippen LogP contribution >= 0.6 is 0 Å². The summed E-state index contributed by atoms with van der Waals surface area (Å²) in [5, 5.41) is 15.9. The molecule has 4 aromatic rings. The second-order valence-electron chi connectivity index (χ2n) is 7.05. The lowest BCUT2D eigenvalue weighted by molar-refractivity contribution is -0.120. The van der Waals surface area contributed by atoms with E-state index in [1.807, 2.05) is 42.2 Å². The molecule has 0 spiro atoms. The summed E-state index contributed by atoms with van der Waals surface area (Å²) < 4.78 is 6.99. The van der Waals surface area contributed by atoms with E-state index in [0.29, 0.717) is 0 Å². The van der Waals surface area contributed by atoms with Gasteiger partial charge in [0.15, 0.2) is 0 Å². The van der Waals surface area contributed by atoms with Gasteiger partial charge in [-0.15, -0.1) is 0 Å². The molecule has 0 aliphatic heterocycles. The maximum Gasteiger partial charge on any atom is 0.227 e. The lowest BCUT2D eigenvalue weighted by Crippen LogP contribution is -2.27. The highest BCUT2D eigenvalue weighted by Crippen LogP contribution is 2.30. The van der Waals surface area contributed by atoms with Crippen LogP contribution in [0.1, 0.15) is 17.7 Å². The Labute approximate surface area is 155 Å². The van der Waals surface area contributed by atoms with Gasteiger partial charge in [-0.3, -0.25) is 14.6 Å². The molecular formula is C20H19N5O2. The largest absolute Gasteiger partial charge is 0.472 e. The van der Waals surface area contributed by atoms with Gasteiger partial charge in [0, 0.05) is 35.8 Å². The fraction of sp³-hybridized carbons (Fsp3) is 0.250. The molecule has 1 aliphatic rings. The lowest BCUT2D eigenvalue weighted by atomic mass is 9.87. The van der Waals surface area contributed by atoms with Crippen molar-refractivity contribution in [1.29, 1.82) is 0 Å². The van der Waals surface area contributed by atoms with Gasteiger partial charge in [-0.2, -0.15) is 10.2 Å². The van der Waals surface area contributed by atoms with Crippen LogP contribution < -0.4 is 5.32 Å². The molecule has 3 aromatic heterocycles. The number of nitrogens with zero attached hydrogens (tertiary/aromatic N) is 3. The van der Waals surface area contributed by atoms with Gasteiger partial charge in [0.1, 0.15) is 5.69 Å². The molecule has 0 saturated carbocycles. The van der Waals surface area contributed by atoms with Crippen LogP contribution in [-0.4, -0.2) is 25.9 Å². The Kier molecular flexibility index (Phi) is 3.60. The summed E-state index contributed by atoms with van der Waals surface area (Å²) in [6.45, 7) is 0. The van der Waals surface area contributed by atoms with E-state index in [0.717, 1.165) is 52.8 Å². The van der Waals surface area contributed by atoms with E-state index < -0.39 is 0 Å². The Morgan fingerprint density at radius 3 is 3.15 bits per heavy atom. The number of rotatable bonds is 3.